The summed E-state index contributed by atoms with van der Waals surface area (Å²) in [4.78, 5) is 21.0. The number of hydrogen-bond donors (Lipinski definition) is 1. The zero-order valence-electron chi connectivity index (χ0n) is 10.2. The second kappa shape index (κ2) is 5.55. The van der Waals surface area contributed by atoms with E-state index in [-0.39, 0.29) is 5.56 Å². The number of rotatable bonds is 3. The Morgan fingerprint density at radius 2 is 2.18 bits per heavy atom. The molecule has 6 heteroatoms. The number of aliphatic imine (C=N–C) groups is 1. The summed E-state index contributed by atoms with van der Waals surface area (Å²) in [6, 6.07) is 1.91. The maximum Gasteiger partial charge on any atom is 0.267 e. The van der Waals surface area contributed by atoms with Crippen molar-refractivity contribution < 1.29 is 0 Å². The monoisotopic (exact) mass is 250 g/mol. The van der Waals surface area contributed by atoms with Gasteiger partial charge in [0, 0.05) is 14.1 Å². The molecule has 0 aliphatic heterocycles. The molecule has 0 unspecified atom stereocenters. The molecule has 1 aromatic rings. The van der Waals surface area contributed by atoms with Crippen molar-refractivity contribution in [3.05, 3.63) is 21.5 Å². The van der Waals surface area contributed by atoms with Gasteiger partial charge in [-0.1, -0.05) is 0 Å². The van der Waals surface area contributed by atoms with Crippen LogP contribution in [-0.4, -0.2) is 36.6 Å². The maximum absolute atomic E-state index is 11.6. The van der Waals surface area contributed by atoms with E-state index < -0.39 is 5.56 Å². The molecule has 0 aliphatic carbocycles. The molecule has 0 saturated carbocycles. The minimum absolute atomic E-state index is 0.151. The molecule has 0 spiro atoms. The van der Waals surface area contributed by atoms with Gasteiger partial charge >= 0.3 is 0 Å². The Morgan fingerprint density at radius 3 is 2.65 bits per heavy atom. The minimum Gasteiger partial charge on any atom is -0.369 e. The van der Waals surface area contributed by atoms with Crippen LogP contribution in [0.3, 0.4) is 0 Å². The van der Waals surface area contributed by atoms with Crippen molar-refractivity contribution in [3.8, 4) is 6.07 Å². The van der Waals surface area contributed by atoms with Crippen LogP contribution in [0, 0.1) is 18.3 Å². The van der Waals surface area contributed by atoms with Gasteiger partial charge in [0.1, 0.15) is 17.5 Å². The topological polar surface area (TPSA) is 72.2 Å². The lowest BCUT2D eigenvalue weighted by molar-refractivity contribution is 0.642. The van der Waals surface area contributed by atoms with Crippen LogP contribution in [0.15, 0.2) is 14.7 Å². The van der Waals surface area contributed by atoms with E-state index in [2.05, 4.69) is 9.98 Å². The molecule has 90 valence electrons. The molecule has 1 N–H and O–H groups in total. The fourth-order valence-corrected chi connectivity index (χ4v) is 2.04. The molecular formula is C11H14N4OS. The lowest BCUT2D eigenvalue weighted by Crippen LogP contribution is -2.13. The van der Waals surface area contributed by atoms with Crippen LogP contribution in [0.25, 0.3) is 0 Å². The summed E-state index contributed by atoms with van der Waals surface area (Å²) in [7, 11) is 3.69. The van der Waals surface area contributed by atoms with Crippen molar-refractivity contribution in [2.75, 3.05) is 20.4 Å². The summed E-state index contributed by atoms with van der Waals surface area (Å²) >= 11 is 1.46. The molecule has 0 aromatic carbocycles. The number of nitrogens with one attached hydrogen (secondary N) is 1. The zero-order chi connectivity index (χ0) is 13.0. The van der Waals surface area contributed by atoms with Crippen LogP contribution in [0.2, 0.25) is 0 Å². The average molecular weight is 250 g/mol. The summed E-state index contributed by atoms with van der Waals surface area (Å²) < 4.78 is 0. The van der Waals surface area contributed by atoms with Crippen molar-refractivity contribution >= 4 is 23.9 Å². The summed E-state index contributed by atoms with van der Waals surface area (Å²) in [6.07, 6.45) is 3.49. The standard InChI is InChI=1S/C11H14N4OS/c1-7-8(5-12)11(16)14-10(9(7)17-4)13-6-15(2)3/h6H,1-4H3,(H,14,16)/b13-6+. The highest BCUT2D eigenvalue weighted by atomic mass is 32.2. The fraction of sp³-hybridized carbons (Fsp3) is 0.364. The van der Waals surface area contributed by atoms with E-state index in [1.165, 1.54) is 11.8 Å². The molecular weight excluding hydrogens is 236 g/mol. The van der Waals surface area contributed by atoms with E-state index in [4.69, 9.17) is 5.26 Å². The number of thioether (sulfide) groups is 1. The second-order valence-electron chi connectivity index (χ2n) is 3.66. The molecule has 0 saturated heterocycles. The van der Waals surface area contributed by atoms with E-state index in [1.54, 1.807) is 18.2 Å². The third-order valence-electron chi connectivity index (χ3n) is 2.12. The first-order valence-corrected chi connectivity index (χ1v) is 6.15. The van der Waals surface area contributed by atoms with Gasteiger partial charge in [-0.15, -0.1) is 11.8 Å². The van der Waals surface area contributed by atoms with Gasteiger partial charge in [0.15, 0.2) is 0 Å². The largest absolute Gasteiger partial charge is 0.369 e. The Bertz CT molecular complexity index is 540. The zero-order valence-corrected chi connectivity index (χ0v) is 11.1. The molecule has 5 nitrogen and oxygen atoms in total. The van der Waals surface area contributed by atoms with E-state index in [1.807, 2.05) is 26.4 Å². The molecule has 1 aromatic heterocycles. The number of nitrogens with zero attached hydrogens (tertiary/aromatic N) is 3. The van der Waals surface area contributed by atoms with Crippen LogP contribution in [0.5, 0.6) is 0 Å². The lowest BCUT2D eigenvalue weighted by Gasteiger charge is -2.08. The van der Waals surface area contributed by atoms with Gasteiger partial charge in [0.05, 0.1) is 11.2 Å². The van der Waals surface area contributed by atoms with Gasteiger partial charge in [-0.25, -0.2) is 4.99 Å². The highest BCUT2D eigenvalue weighted by Gasteiger charge is 2.12. The van der Waals surface area contributed by atoms with Gasteiger partial charge in [-0.3, -0.25) is 4.79 Å². The maximum atomic E-state index is 11.6. The molecule has 0 bridgehead atoms. The van der Waals surface area contributed by atoms with Gasteiger partial charge in [0.25, 0.3) is 5.56 Å². The average Bonchev–Trinajstić information content (AvgIpc) is 2.26. The van der Waals surface area contributed by atoms with Gasteiger partial charge in [-0.2, -0.15) is 5.26 Å². The predicted molar refractivity (Wildman–Crippen MR) is 70.1 cm³/mol. The first kappa shape index (κ1) is 13.3. The third kappa shape index (κ3) is 2.88. The Balaban J connectivity index is 3.43. The first-order valence-electron chi connectivity index (χ1n) is 4.92. The minimum atomic E-state index is -0.395. The Kier molecular flexibility index (Phi) is 4.35. The van der Waals surface area contributed by atoms with E-state index >= 15 is 0 Å². The quantitative estimate of drug-likeness (QED) is 0.501. The van der Waals surface area contributed by atoms with Crippen molar-refractivity contribution in [2.24, 2.45) is 4.99 Å². The Hall–Kier alpha value is -1.74. The number of hydrogen-bond acceptors (Lipinski definition) is 4. The normalized spacial score (nSPS) is 10.5. The van der Waals surface area contributed by atoms with E-state index in [0.29, 0.717) is 11.4 Å². The highest BCUT2D eigenvalue weighted by Crippen LogP contribution is 2.29. The molecule has 0 aliphatic rings. The smallest absolute Gasteiger partial charge is 0.267 e. The van der Waals surface area contributed by atoms with Gasteiger partial charge < -0.3 is 9.88 Å². The van der Waals surface area contributed by atoms with Gasteiger partial charge in [0.2, 0.25) is 0 Å². The number of nitriles is 1. The Morgan fingerprint density at radius 1 is 1.53 bits per heavy atom. The summed E-state index contributed by atoms with van der Waals surface area (Å²) in [5, 5.41) is 8.90. The van der Waals surface area contributed by atoms with Crippen LogP contribution in [-0.2, 0) is 0 Å². The Labute approximate surface area is 104 Å². The van der Waals surface area contributed by atoms with Crippen molar-refractivity contribution in [3.63, 3.8) is 0 Å². The predicted octanol–water partition coefficient (Wildman–Crippen LogP) is 1.50. The number of pyridine rings is 1. The number of H-pyrrole nitrogens is 1. The first-order chi connectivity index (χ1) is 8.01. The lowest BCUT2D eigenvalue weighted by atomic mass is 10.2. The summed E-state index contributed by atoms with van der Waals surface area (Å²) in [6.45, 7) is 1.76. The molecule has 1 rings (SSSR count). The van der Waals surface area contributed by atoms with Crippen molar-refractivity contribution in [1.82, 2.24) is 9.88 Å². The number of aromatic amines is 1. The fourth-order valence-electron chi connectivity index (χ4n) is 1.34. The molecule has 0 fully saturated rings. The molecule has 0 radical (unpaired) electrons. The van der Waals surface area contributed by atoms with Crippen molar-refractivity contribution in [1.29, 1.82) is 5.26 Å². The highest BCUT2D eigenvalue weighted by molar-refractivity contribution is 7.98. The molecule has 0 amide bonds. The molecule has 1 heterocycles. The van der Waals surface area contributed by atoms with E-state index in [9.17, 15) is 4.79 Å². The summed E-state index contributed by atoms with van der Waals surface area (Å²) in [5.41, 5.74) is 0.432. The third-order valence-corrected chi connectivity index (χ3v) is 3.03. The van der Waals surface area contributed by atoms with Crippen LogP contribution in [0.1, 0.15) is 11.1 Å². The molecule has 0 atom stereocenters. The number of aromatic nitrogens is 1. The van der Waals surface area contributed by atoms with Gasteiger partial charge in [-0.05, 0) is 18.7 Å². The van der Waals surface area contributed by atoms with Crippen molar-refractivity contribution in [2.45, 2.75) is 11.8 Å². The second-order valence-corrected chi connectivity index (χ2v) is 4.47. The molecule has 17 heavy (non-hydrogen) atoms. The van der Waals surface area contributed by atoms with E-state index in [0.717, 1.165) is 4.90 Å². The van der Waals surface area contributed by atoms with Crippen LogP contribution < -0.4 is 5.56 Å². The SMILES string of the molecule is CSc1c(/N=C/N(C)C)[nH]c(=O)c(C#N)c1C. The van der Waals surface area contributed by atoms with Crippen LogP contribution in [0.4, 0.5) is 5.82 Å². The summed E-state index contributed by atoms with van der Waals surface area (Å²) in [5.74, 6) is 0.493. The van der Waals surface area contributed by atoms with Crippen LogP contribution >= 0.6 is 11.8 Å².